The molecule has 1 aliphatic rings. The number of rotatable bonds is 8. The van der Waals surface area contributed by atoms with Gasteiger partial charge in [-0.3, -0.25) is 4.79 Å². The maximum atomic E-state index is 13.0. The quantitative estimate of drug-likeness (QED) is 0.660. The summed E-state index contributed by atoms with van der Waals surface area (Å²) in [5, 5.41) is 3.06. The van der Waals surface area contributed by atoms with Crippen LogP contribution in [0.1, 0.15) is 43.0 Å². The summed E-state index contributed by atoms with van der Waals surface area (Å²) < 4.78 is 32.8. The van der Waals surface area contributed by atoms with Crippen molar-refractivity contribution in [3.8, 4) is 5.75 Å². The molecule has 1 saturated heterocycles. The molecule has 1 atom stereocenters. The second kappa shape index (κ2) is 9.41. The van der Waals surface area contributed by atoms with Gasteiger partial charge < -0.3 is 10.1 Å². The number of sulfonamides is 1. The first-order valence-electron chi connectivity index (χ1n) is 9.98. The molecular formula is C22H28N2O4S. The molecule has 1 N–H and O–H groups in total. The van der Waals surface area contributed by atoms with E-state index in [9.17, 15) is 13.2 Å². The van der Waals surface area contributed by atoms with Crippen molar-refractivity contribution in [1.82, 2.24) is 4.31 Å². The molecule has 6 nitrogen and oxygen atoms in total. The molecule has 1 unspecified atom stereocenters. The molecule has 1 aliphatic heterocycles. The lowest BCUT2D eigenvalue weighted by Gasteiger charge is -2.34. The van der Waals surface area contributed by atoms with Crippen LogP contribution in [0, 0.1) is 0 Å². The van der Waals surface area contributed by atoms with Gasteiger partial charge in [-0.05, 0) is 67.8 Å². The van der Waals surface area contributed by atoms with E-state index in [-0.39, 0.29) is 18.4 Å². The van der Waals surface area contributed by atoms with Gasteiger partial charge in [-0.25, -0.2) is 8.42 Å². The van der Waals surface area contributed by atoms with Crippen molar-refractivity contribution in [3.05, 3.63) is 54.1 Å². The van der Waals surface area contributed by atoms with Crippen LogP contribution in [0.25, 0.3) is 0 Å². The molecule has 3 rings (SSSR count). The molecule has 1 heterocycles. The number of carbonyl (C=O) groups is 1. The maximum absolute atomic E-state index is 13.0. The fourth-order valence-electron chi connectivity index (χ4n) is 3.64. The lowest BCUT2D eigenvalue weighted by atomic mass is 10.0. The Hall–Kier alpha value is -2.38. The minimum atomic E-state index is -3.49. The minimum Gasteiger partial charge on any atom is -0.497 e. The largest absolute Gasteiger partial charge is 0.497 e. The van der Waals surface area contributed by atoms with Gasteiger partial charge in [0, 0.05) is 23.8 Å². The van der Waals surface area contributed by atoms with Crippen molar-refractivity contribution in [3.63, 3.8) is 0 Å². The summed E-state index contributed by atoms with van der Waals surface area (Å²) in [6.45, 7) is 2.74. The van der Waals surface area contributed by atoms with Crippen LogP contribution in [-0.4, -0.2) is 44.7 Å². The molecule has 0 bridgehead atoms. The molecule has 7 heteroatoms. The molecule has 0 radical (unpaired) electrons. The van der Waals surface area contributed by atoms with E-state index in [1.54, 1.807) is 59.9 Å². The summed E-state index contributed by atoms with van der Waals surface area (Å²) in [7, 11) is -1.91. The van der Waals surface area contributed by atoms with E-state index in [2.05, 4.69) is 5.32 Å². The van der Waals surface area contributed by atoms with Crippen molar-refractivity contribution in [2.24, 2.45) is 0 Å². The Bertz CT molecular complexity index is 924. The number of benzene rings is 2. The van der Waals surface area contributed by atoms with E-state index in [4.69, 9.17) is 4.74 Å². The third-order valence-electron chi connectivity index (χ3n) is 5.37. The van der Waals surface area contributed by atoms with Crippen LogP contribution in [0.2, 0.25) is 0 Å². The molecule has 29 heavy (non-hydrogen) atoms. The van der Waals surface area contributed by atoms with Crippen LogP contribution < -0.4 is 10.1 Å². The lowest BCUT2D eigenvalue weighted by Crippen LogP contribution is -2.43. The Labute approximate surface area is 172 Å². The molecule has 0 aliphatic carbocycles. The van der Waals surface area contributed by atoms with Gasteiger partial charge in [-0.1, -0.05) is 13.3 Å². The van der Waals surface area contributed by atoms with Crippen LogP contribution in [0.3, 0.4) is 0 Å². The number of methoxy groups -OCH3 is 1. The molecule has 2 aromatic rings. The van der Waals surface area contributed by atoms with Crippen LogP contribution in [0.15, 0.2) is 53.4 Å². The SMILES string of the molecule is CCC1CCCCN1S(=O)(=O)c1ccc(NCC(=O)c2ccc(OC)cc2)cc1. The molecule has 0 spiro atoms. The smallest absolute Gasteiger partial charge is 0.243 e. The van der Waals surface area contributed by atoms with Crippen LogP contribution in [-0.2, 0) is 10.0 Å². The van der Waals surface area contributed by atoms with Crippen molar-refractivity contribution < 1.29 is 17.9 Å². The number of hydrogen-bond donors (Lipinski definition) is 1. The Kier molecular flexibility index (Phi) is 6.92. The zero-order valence-corrected chi connectivity index (χ0v) is 17.7. The van der Waals surface area contributed by atoms with E-state index in [0.29, 0.717) is 28.4 Å². The van der Waals surface area contributed by atoms with E-state index >= 15 is 0 Å². The van der Waals surface area contributed by atoms with Crippen LogP contribution in [0.5, 0.6) is 5.75 Å². The second-order valence-corrected chi connectivity index (χ2v) is 9.09. The van der Waals surface area contributed by atoms with Crippen molar-refractivity contribution in [2.45, 2.75) is 43.5 Å². The summed E-state index contributed by atoms with van der Waals surface area (Å²) in [6, 6.07) is 13.6. The van der Waals surface area contributed by atoms with Gasteiger partial charge in [0.05, 0.1) is 18.6 Å². The van der Waals surface area contributed by atoms with Crippen molar-refractivity contribution >= 4 is 21.5 Å². The van der Waals surface area contributed by atoms with Crippen molar-refractivity contribution in [2.75, 3.05) is 25.5 Å². The Morgan fingerprint density at radius 3 is 2.41 bits per heavy atom. The zero-order valence-electron chi connectivity index (χ0n) is 16.9. The number of anilines is 1. The predicted molar refractivity (Wildman–Crippen MR) is 114 cm³/mol. The van der Waals surface area contributed by atoms with Gasteiger partial charge in [-0.15, -0.1) is 0 Å². The number of Topliss-reactive ketones (excluding diaryl/α,β-unsaturated/α-hetero) is 1. The highest BCUT2D eigenvalue weighted by molar-refractivity contribution is 7.89. The minimum absolute atomic E-state index is 0.0524. The first-order valence-corrected chi connectivity index (χ1v) is 11.4. The molecule has 1 fully saturated rings. The predicted octanol–water partition coefficient (Wildman–Crippen LogP) is 3.94. The normalized spacial score (nSPS) is 17.7. The molecule has 0 saturated carbocycles. The Morgan fingerprint density at radius 2 is 1.79 bits per heavy atom. The number of piperidine rings is 1. The average molecular weight is 417 g/mol. The van der Waals surface area contributed by atoms with Crippen LogP contribution >= 0.6 is 0 Å². The zero-order chi connectivity index (χ0) is 20.9. The van der Waals surface area contributed by atoms with Gasteiger partial charge in [-0.2, -0.15) is 4.31 Å². The van der Waals surface area contributed by atoms with E-state index < -0.39 is 10.0 Å². The number of nitrogens with zero attached hydrogens (tertiary/aromatic N) is 1. The summed E-state index contributed by atoms with van der Waals surface area (Å²) in [4.78, 5) is 12.6. The number of ether oxygens (including phenoxy) is 1. The second-order valence-electron chi connectivity index (χ2n) is 7.20. The van der Waals surface area contributed by atoms with Gasteiger partial charge in [0.1, 0.15) is 5.75 Å². The highest BCUT2D eigenvalue weighted by Crippen LogP contribution is 2.27. The van der Waals surface area contributed by atoms with E-state index in [0.717, 1.165) is 25.7 Å². The summed E-state index contributed by atoms with van der Waals surface area (Å²) in [5.74, 6) is 0.647. The monoisotopic (exact) mass is 416 g/mol. The molecule has 0 aromatic heterocycles. The first-order chi connectivity index (χ1) is 14.0. The van der Waals surface area contributed by atoms with Gasteiger partial charge in [0.2, 0.25) is 10.0 Å². The first kappa shape index (κ1) is 21.3. The standard InChI is InChI=1S/C22H28N2O4S/c1-3-19-6-4-5-15-24(19)29(26,27)21-13-9-18(10-14-21)23-16-22(25)17-7-11-20(28-2)12-8-17/h7-14,19,23H,3-6,15-16H2,1-2H3. The Morgan fingerprint density at radius 1 is 1.10 bits per heavy atom. The van der Waals surface area contributed by atoms with Gasteiger partial charge in [0.25, 0.3) is 0 Å². The molecule has 2 aromatic carbocycles. The summed E-state index contributed by atoms with van der Waals surface area (Å²) in [6.07, 6.45) is 3.73. The van der Waals surface area contributed by atoms with Gasteiger partial charge >= 0.3 is 0 Å². The topological polar surface area (TPSA) is 75.7 Å². The molecule has 156 valence electrons. The van der Waals surface area contributed by atoms with E-state index in [1.165, 1.54) is 0 Å². The van der Waals surface area contributed by atoms with Crippen LogP contribution in [0.4, 0.5) is 5.69 Å². The van der Waals surface area contributed by atoms with Gasteiger partial charge in [0.15, 0.2) is 5.78 Å². The molecular weight excluding hydrogens is 388 g/mol. The van der Waals surface area contributed by atoms with Crippen molar-refractivity contribution in [1.29, 1.82) is 0 Å². The molecule has 0 amide bonds. The number of carbonyl (C=O) groups excluding carboxylic acids is 1. The maximum Gasteiger partial charge on any atom is 0.243 e. The fraction of sp³-hybridized carbons (Fsp3) is 0.409. The highest BCUT2D eigenvalue weighted by Gasteiger charge is 2.32. The third-order valence-corrected chi connectivity index (χ3v) is 7.34. The fourth-order valence-corrected chi connectivity index (χ4v) is 5.41. The Balaban J connectivity index is 1.64. The summed E-state index contributed by atoms with van der Waals surface area (Å²) >= 11 is 0. The highest BCUT2D eigenvalue weighted by atomic mass is 32.2. The number of hydrogen-bond acceptors (Lipinski definition) is 5. The third kappa shape index (κ3) is 4.97. The average Bonchev–Trinajstić information content (AvgIpc) is 2.77. The number of nitrogens with one attached hydrogen (secondary N) is 1. The number of ketones is 1. The van der Waals surface area contributed by atoms with E-state index in [1.807, 2.05) is 6.92 Å². The lowest BCUT2D eigenvalue weighted by molar-refractivity contribution is 0.101. The summed E-state index contributed by atoms with van der Waals surface area (Å²) in [5.41, 5.74) is 1.30.